The molecule has 0 N–H and O–H groups in total. The number of carbonyl (C=O) groups excluding carboxylic acids is 1. The summed E-state index contributed by atoms with van der Waals surface area (Å²) in [6.07, 6.45) is 6.05. The molecule has 2 rings (SSSR count). The van der Waals surface area contributed by atoms with Crippen LogP contribution in [0.25, 0.3) is 0 Å². The van der Waals surface area contributed by atoms with E-state index in [4.69, 9.17) is 0 Å². The second-order valence-electron chi connectivity index (χ2n) is 15.6. The lowest BCUT2D eigenvalue weighted by Crippen LogP contribution is -2.57. The average molecular weight is 506 g/mol. The second-order valence-corrected chi connectivity index (χ2v) is 15.6. The van der Waals surface area contributed by atoms with Gasteiger partial charge in [0, 0.05) is 48.6 Å². The van der Waals surface area contributed by atoms with Crippen LogP contribution in [-0.2, 0) is 4.79 Å². The van der Waals surface area contributed by atoms with E-state index < -0.39 is 0 Å². The molecule has 2 aliphatic heterocycles. The van der Waals surface area contributed by atoms with E-state index in [2.05, 4.69) is 83.9 Å². The Kier molecular flexibility index (Phi) is 10.7. The minimum Gasteiger partial charge on any atom is -0.301 e. The SMILES string of the molecule is CC(C)CCN1CCN(C(C)(C)CC(C)(C)C2CCN(C(C)(C)CC(C)(C)C(=O)C(C)C)CC2)CC1. The van der Waals surface area contributed by atoms with E-state index in [9.17, 15) is 4.79 Å². The van der Waals surface area contributed by atoms with Crippen LogP contribution in [0, 0.1) is 28.6 Å². The molecule has 0 spiro atoms. The van der Waals surface area contributed by atoms with Crippen LogP contribution in [0.3, 0.4) is 0 Å². The number of likely N-dealkylation sites (tertiary alicyclic amines) is 1. The quantitative estimate of drug-likeness (QED) is 0.286. The Labute approximate surface area is 225 Å². The van der Waals surface area contributed by atoms with Gasteiger partial charge in [-0.15, -0.1) is 0 Å². The molecule has 212 valence electrons. The first-order valence-corrected chi connectivity index (χ1v) is 15.1. The van der Waals surface area contributed by atoms with Crippen LogP contribution in [0.2, 0.25) is 0 Å². The monoisotopic (exact) mass is 505 g/mol. The van der Waals surface area contributed by atoms with Gasteiger partial charge in [0.2, 0.25) is 0 Å². The maximum Gasteiger partial charge on any atom is 0.141 e. The van der Waals surface area contributed by atoms with Gasteiger partial charge in [-0.2, -0.15) is 0 Å². The zero-order valence-electron chi connectivity index (χ0n) is 26.5. The number of rotatable bonds is 12. The van der Waals surface area contributed by atoms with Crippen molar-refractivity contribution in [3.63, 3.8) is 0 Å². The first-order valence-electron chi connectivity index (χ1n) is 15.1. The van der Waals surface area contributed by atoms with Crippen molar-refractivity contribution in [2.45, 2.75) is 126 Å². The highest BCUT2D eigenvalue weighted by molar-refractivity contribution is 5.85. The summed E-state index contributed by atoms with van der Waals surface area (Å²) in [4.78, 5) is 20.9. The molecule has 36 heavy (non-hydrogen) atoms. The number of piperazine rings is 1. The summed E-state index contributed by atoms with van der Waals surface area (Å²) in [7, 11) is 0. The fourth-order valence-electron chi connectivity index (χ4n) is 7.72. The molecule has 0 bridgehead atoms. The zero-order valence-corrected chi connectivity index (χ0v) is 26.5. The Bertz CT molecular complexity index is 690. The van der Waals surface area contributed by atoms with Crippen molar-refractivity contribution < 1.29 is 4.79 Å². The lowest BCUT2D eigenvalue weighted by Gasteiger charge is -2.52. The summed E-state index contributed by atoms with van der Waals surface area (Å²) < 4.78 is 0. The van der Waals surface area contributed by atoms with Crippen LogP contribution >= 0.6 is 0 Å². The molecule has 0 aliphatic carbocycles. The van der Waals surface area contributed by atoms with Gasteiger partial charge >= 0.3 is 0 Å². The minimum absolute atomic E-state index is 0.0533. The molecule has 0 aromatic heterocycles. The fraction of sp³-hybridized carbons (Fsp3) is 0.969. The molecular formula is C32H63N3O. The first-order chi connectivity index (χ1) is 16.4. The molecule has 4 nitrogen and oxygen atoms in total. The molecule has 2 heterocycles. The molecule has 0 radical (unpaired) electrons. The van der Waals surface area contributed by atoms with E-state index in [1.54, 1.807) is 0 Å². The highest BCUT2D eigenvalue weighted by atomic mass is 16.1. The Morgan fingerprint density at radius 3 is 1.67 bits per heavy atom. The van der Waals surface area contributed by atoms with Crippen LogP contribution in [0.15, 0.2) is 0 Å². The Morgan fingerprint density at radius 2 is 1.19 bits per heavy atom. The molecule has 0 atom stereocenters. The number of hydrogen-bond acceptors (Lipinski definition) is 4. The van der Waals surface area contributed by atoms with Crippen LogP contribution in [-0.4, -0.2) is 77.4 Å². The van der Waals surface area contributed by atoms with Crippen molar-refractivity contribution >= 4 is 5.78 Å². The van der Waals surface area contributed by atoms with Crippen molar-refractivity contribution in [3.8, 4) is 0 Å². The van der Waals surface area contributed by atoms with Gasteiger partial charge in [0.05, 0.1) is 0 Å². The second kappa shape index (κ2) is 12.2. The average Bonchev–Trinajstić information content (AvgIpc) is 2.76. The predicted octanol–water partition coefficient (Wildman–Crippen LogP) is 6.98. The van der Waals surface area contributed by atoms with E-state index in [-0.39, 0.29) is 22.4 Å². The molecule has 4 heteroatoms. The summed E-state index contributed by atoms with van der Waals surface area (Å²) in [5.74, 6) is 2.07. The topological polar surface area (TPSA) is 26.8 Å². The lowest BCUT2D eigenvalue weighted by molar-refractivity contribution is -0.132. The third kappa shape index (κ3) is 8.53. The maximum atomic E-state index is 12.8. The Balaban J connectivity index is 1.91. The third-order valence-electron chi connectivity index (χ3n) is 9.66. The molecule has 0 aromatic rings. The normalized spacial score (nSPS) is 21.1. The highest BCUT2D eigenvalue weighted by Crippen LogP contribution is 2.44. The van der Waals surface area contributed by atoms with Crippen molar-refractivity contribution in [2.24, 2.45) is 28.6 Å². The molecule has 0 aromatic carbocycles. The smallest absolute Gasteiger partial charge is 0.141 e. The fourth-order valence-corrected chi connectivity index (χ4v) is 7.72. The van der Waals surface area contributed by atoms with Gasteiger partial charge in [-0.25, -0.2) is 0 Å². The number of carbonyl (C=O) groups is 1. The van der Waals surface area contributed by atoms with Gasteiger partial charge in [0.25, 0.3) is 0 Å². The van der Waals surface area contributed by atoms with Crippen molar-refractivity contribution in [3.05, 3.63) is 0 Å². The van der Waals surface area contributed by atoms with Crippen molar-refractivity contribution in [2.75, 3.05) is 45.8 Å². The Morgan fingerprint density at radius 1 is 0.722 bits per heavy atom. The van der Waals surface area contributed by atoms with Crippen molar-refractivity contribution in [1.82, 2.24) is 14.7 Å². The first kappa shape index (κ1) is 31.8. The van der Waals surface area contributed by atoms with Gasteiger partial charge in [-0.05, 0) is 96.7 Å². The zero-order chi connectivity index (χ0) is 27.5. The summed E-state index contributed by atoms with van der Waals surface area (Å²) in [5, 5.41) is 0. The minimum atomic E-state index is -0.267. The number of ketones is 1. The third-order valence-corrected chi connectivity index (χ3v) is 9.66. The Hall–Kier alpha value is -0.450. The van der Waals surface area contributed by atoms with Crippen LogP contribution in [0.4, 0.5) is 0 Å². The molecule has 2 aliphatic rings. The standard InChI is InChI=1S/C32H63N3O/c1-25(2)13-16-33-19-21-35(22-20-33)31(9,10)23-29(5,6)27-14-17-34(18-15-27)32(11,12)24-30(7,8)28(36)26(3)4/h25-27H,13-24H2,1-12H3. The van der Waals surface area contributed by atoms with Gasteiger partial charge in [-0.1, -0.05) is 55.4 Å². The van der Waals surface area contributed by atoms with E-state index in [0.29, 0.717) is 11.2 Å². The number of piperidine rings is 1. The summed E-state index contributed by atoms with van der Waals surface area (Å²) in [6, 6.07) is 0. The predicted molar refractivity (Wildman–Crippen MR) is 157 cm³/mol. The summed E-state index contributed by atoms with van der Waals surface area (Å²) >= 11 is 0. The summed E-state index contributed by atoms with van der Waals surface area (Å²) in [6.45, 7) is 36.2. The highest BCUT2D eigenvalue weighted by Gasteiger charge is 2.43. The molecule has 0 saturated carbocycles. The van der Waals surface area contributed by atoms with Gasteiger partial charge in [-0.3, -0.25) is 14.6 Å². The number of nitrogens with zero attached hydrogens (tertiary/aromatic N) is 3. The molecule has 0 unspecified atom stereocenters. The maximum absolute atomic E-state index is 12.8. The van der Waals surface area contributed by atoms with E-state index >= 15 is 0 Å². The number of hydrogen-bond donors (Lipinski definition) is 0. The van der Waals surface area contributed by atoms with Gasteiger partial charge in [0.15, 0.2) is 0 Å². The lowest BCUT2D eigenvalue weighted by atomic mass is 9.66. The summed E-state index contributed by atoms with van der Waals surface area (Å²) in [5.41, 5.74) is 0.362. The van der Waals surface area contributed by atoms with E-state index in [0.717, 1.165) is 31.3 Å². The molecule has 2 saturated heterocycles. The number of Topliss-reactive ketones (excluding diaryl/α,β-unsaturated/α-hetero) is 1. The van der Waals surface area contributed by atoms with Crippen LogP contribution < -0.4 is 0 Å². The largest absolute Gasteiger partial charge is 0.301 e. The van der Waals surface area contributed by atoms with E-state index in [1.165, 1.54) is 58.4 Å². The van der Waals surface area contributed by atoms with Gasteiger partial charge < -0.3 is 4.90 Å². The molecule has 0 amide bonds. The molecule has 2 fully saturated rings. The van der Waals surface area contributed by atoms with Crippen LogP contribution in [0.1, 0.15) is 115 Å². The van der Waals surface area contributed by atoms with Gasteiger partial charge in [0.1, 0.15) is 5.78 Å². The van der Waals surface area contributed by atoms with Crippen molar-refractivity contribution in [1.29, 1.82) is 0 Å². The van der Waals surface area contributed by atoms with Crippen LogP contribution in [0.5, 0.6) is 0 Å². The van der Waals surface area contributed by atoms with E-state index in [1.807, 2.05) is 13.8 Å². The molecular weight excluding hydrogens is 442 g/mol.